The van der Waals surface area contributed by atoms with Gasteiger partial charge in [0.15, 0.2) is 0 Å². The van der Waals surface area contributed by atoms with Gasteiger partial charge in [0.25, 0.3) is 0 Å². The highest BCUT2D eigenvalue weighted by molar-refractivity contribution is 5.51. The summed E-state index contributed by atoms with van der Waals surface area (Å²) in [5, 5.41) is 0. The molecule has 64 valence electrons. The van der Waals surface area contributed by atoms with E-state index in [0.29, 0.717) is 6.54 Å². The minimum Gasteiger partial charge on any atom is -0.302 e. The van der Waals surface area contributed by atoms with Crippen LogP contribution in [0.15, 0.2) is 0 Å². The molecule has 0 aromatic heterocycles. The van der Waals surface area contributed by atoms with E-state index in [-0.39, 0.29) is 0 Å². The predicted molar refractivity (Wildman–Crippen MR) is 45.5 cm³/mol. The molecule has 0 N–H and O–H groups in total. The number of hydrogen-bond acceptors (Lipinski definition) is 2. The summed E-state index contributed by atoms with van der Waals surface area (Å²) < 4.78 is 0. The number of nitrogens with zero attached hydrogens (tertiary/aromatic N) is 1. The van der Waals surface area contributed by atoms with Gasteiger partial charge in [0.1, 0.15) is 6.29 Å². The topological polar surface area (TPSA) is 20.3 Å². The van der Waals surface area contributed by atoms with Crippen LogP contribution in [0.2, 0.25) is 0 Å². The summed E-state index contributed by atoms with van der Waals surface area (Å²) in [4.78, 5) is 12.5. The summed E-state index contributed by atoms with van der Waals surface area (Å²) in [6, 6.07) is 0. The molecule has 0 radical (unpaired) electrons. The first kappa shape index (κ1) is 8.72. The summed E-state index contributed by atoms with van der Waals surface area (Å²) in [5.41, 5.74) is 0. The van der Waals surface area contributed by atoms with Gasteiger partial charge in [-0.25, -0.2) is 0 Å². The molecule has 1 fully saturated rings. The molecule has 0 spiro atoms. The molecule has 0 saturated carbocycles. The Kier molecular flexibility index (Phi) is 3.57. The van der Waals surface area contributed by atoms with Crippen molar-refractivity contribution in [2.24, 2.45) is 5.92 Å². The normalized spacial score (nSPS) is 26.8. The zero-order valence-corrected chi connectivity index (χ0v) is 7.25. The predicted octanol–water partition coefficient (Wildman–Crippen LogP) is 1.31. The number of piperidine rings is 1. The summed E-state index contributed by atoms with van der Waals surface area (Å²) in [5.74, 6) is 0.837. The highest BCUT2D eigenvalue weighted by Crippen LogP contribution is 2.18. The number of carbonyl (C=O) groups excluding carboxylic acids is 1. The third kappa shape index (κ3) is 2.62. The summed E-state index contributed by atoms with van der Waals surface area (Å²) >= 11 is 0. The lowest BCUT2D eigenvalue weighted by atomic mass is 9.96. The highest BCUT2D eigenvalue weighted by Gasteiger charge is 2.17. The van der Waals surface area contributed by atoms with Crippen LogP contribution in [0, 0.1) is 5.92 Å². The van der Waals surface area contributed by atoms with Gasteiger partial charge in [-0.2, -0.15) is 0 Å². The average Bonchev–Trinajstić information content (AvgIpc) is 2.06. The van der Waals surface area contributed by atoms with Crippen LogP contribution >= 0.6 is 0 Å². The van der Waals surface area contributed by atoms with Crippen molar-refractivity contribution in [3.63, 3.8) is 0 Å². The molecule has 1 heterocycles. The van der Waals surface area contributed by atoms with Crippen LogP contribution in [0.25, 0.3) is 0 Å². The molecule has 1 atom stereocenters. The fraction of sp³-hybridized carbons (Fsp3) is 0.889. The maximum absolute atomic E-state index is 10.2. The largest absolute Gasteiger partial charge is 0.302 e. The molecule has 2 nitrogen and oxygen atoms in total. The van der Waals surface area contributed by atoms with E-state index in [1.807, 2.05) is 0 Å². The van der Waals surface area contributed by atoms with E-state index in [1.54, 1.807) is 0 Å². The fourth-order valence-electron chi connectivity index (χ4n) is 1.76. The van der Waals surface area contributed by atoms with Crippen molar-refractivity contribution >= 4 is 6.29 Å². The fourth-order valence-corrected chi connectivity index (χ4v) is 1.76. The van der Waals surface area contributed by atoms with Crippen molar-refractivity contribution in [1.29, 1.82) is 0 Å². The number of rotatable bonds is 3. The second-order valence-corrected chi connectivity index (χ2v) is 3.34. The van der Waals surface area contributed by atoms with Gasteiger partial charge in [-0.05, 0) is 25.3 Å². The number of hydrogen-bond donors (Lipinski definition) is 0. The van der Waals surface area contributed by atoms with Crippen LogP contribution in [0.3, 0.4) is 0 Å². The summed E-state index contributed by atoms with van der Waals surface area (Å²) in [6.45, 7) is 5.12. The lowest BCUT2D eigenvalue weighted by Crippen LogP contribution is -2.36. The molecule has 0 aromatic rings. The molecule has 1 saturated heterocycles. The number of aldehydes is 1. The summed E-state index contributed by atoms with van der Waals surface area (Å²) in [7, 11) is 0. The van der Waals surface area contributed by atoms with Crippen molar-refractivity contribution in [2.45, 2.75) is 26.2 Å². The zero-order chi connectivity index (χ0) is 8.10. The Labute approximate surface area is 68.6 Å². The van der Waals surface area contributed by atoms with Crippen molar-refractivity contribution in [1.82, 2.24) is 4.90 Å². The Bertz CT molecular complexity index is 125. The van der Waals surface area contributed by atoms with Gasteiger partial charge in [-0.3, -0.25) is 4.90 Å². The Morgan fingerprint density at radius 2 is 2.45 bits per heavy atom. The van der Waals surface area contributed by atoms with Gasteiger partial charge < -0.3 is 4.79 Å². The maximum atomic E-state index is 10.2. The van der Waals surface area contributed by atoms with E-state index in [1.165, 1.54) is 19.3 Å². The minimum absolute atomic E-state index is 0.635. The lowest BCUT2D eigenvalue weighted by Gasteiger charge is -2.30. The van der Waals surface area contributed by atoms with Crippen molar-refractivity contribution < 1.29 is 4.79 Å². The Morgan fingerprint density at radius 1 is 1.64 bits per heavy atom. The van der Waals surface area contributed by atoms with Gasteiger partial charge in [-0.1, -0.05) is 13.3 Å². The van der Waals surface area contributed by atoms with Crippen LogP contribution in [0.5, 0.6) is 0 Å². The molecule has 0 aromatic carbocycles. The van der Waals surface area contributed by atoms with E-state index in [9.17, 15) is 4.79 Å². The maximum Gasteiger partial charge on any atom is 0.133 e. The third-order valence-electron chi connectivity index (χ3n) is 2.51. The second kappa shape index (κ2) is 4.50. The molecule has 0 aliphatic carbocycles. The second-order valence-electron chi connectivity index (χ2n) is 3.34. The Balaban J connectivity index is 2.27. The van der Waals surface area contributed by atoms with Gasteiger partial charge in [-0.15, -0.1) is 0 Å². The van der Waals surface area contributed by atoms with E-state index >= 15 is 0 Å². The highest BCUT2D eigenvalue weighted by atomic mass is 16.1. The van der Waals surface area contributed by atoms with E-state index in [0.717, 1.165) is 25.3 Å². The lowest BCUT2D eigenvalue weighted by molar-refractivity contribution is -0.109. The molecular weight excluding hydrogens is 138 g/mol. The first-order valence-corrected chi connectivity index (χ1v) is 4.52. The quantitative estimate of drug-likeness (QED) is 0.573. The minimum atomic E-state index is 0.635. The number of likely N-dealkylation sites (tertiary alicyclic amines) is 1. The first-order valence-electron chi connectivity index (χ1n) is 4.52. The Morgan fingerprint density at radius 3 is 3.09 bits per heavy atom. The standard InChI is InChI=1S/C9H17NO/c1-2-9-4-3-5-10(8-9)6-7-11/h7,9H,2-6,8H2,1H3. The molecule has 11 heavy (non-hydrogen) atoms. The van der Waals surface area contributed by atoms with Gasteiger partial charge in [0.05, 0.1) is 6.54 Å². The van der Waals surface area contributed by atoms with Crippen LogP contribution in [-0.2, 0) is 4.79 Å². The van der Waals surface area contributed by atoms with Crippen molar-refractivity contribution in [3.8, 4) is 0 Å². The first-order chi connectivity index (χ1) is 5.36. The SMILES string of the molecule is CCC1CCCN(CC=O)C1. The smallest absolute Gasteiger partial charge is 0.133 e. The van der Waals surface area contributed by atoms with E-state index in [4.69, 9.17) is 0 Å². The van der Waals surface area contributed by atoms with Crippen LogP contribution < -0.4 is 0 Å². The van der Waals surface area contributed by atoms with Crippen molar-refractivity contribution in [2.75, 3.05) is 19.6 Å². The molecule has 1 unspecified atom stereocenters. The molecule has 1 aliphatic rings. The molecule has 0 bridgehead atoms. The van der Waals surface area contributed by atoms with Gasteiger partial charge in [0.2, 0.25) is 0 Å². The molecule has 2 heteroatoms. The number of carbonyl (C=O) groups is 1. The molecular formula is C9H17NO. The molecule has 0 amide bonds. The van der Waals surface area contributed by atoms with E-state index in [2.05, 4.69) is 11.8 Å². The zero-order valence-electron chi connectivity index (χ0n) is 7.25. The molecule has 1 rings (SSSR count). The van der Waals surface area contributed by atoms with E-state index < -0.39 is 0 Å². The monoisotopic (exact) mass is 155 g/mol. The summed E-state index contributed by atoms with van der Waals surface area (Å²) in [6.07, 6.45) is 4.89. The average molecular weight is 155 g/mol. The molecule has 1 aliphatic heterocycles. The van der Waals surface area contributed by atoms with Crippen molar-refractivity contribution in [3.05, 3.63) is 0 Å². The third-order valence-corrected chi connectivity index (χ3v) is 2.51. The van der Waals surface area contributed by atoms with Crippen LogP contribution in [0.1, 0.15) is 26.2 Å². The van der Waals surface area contributed by atoms with Gasteiger partial charge >= 0.3 is 0 Å². The Hall–Kier alpha value is -0.370. The van der Waals surface area contributed by atoms with Crippen LogP contribution in [0.4, 0.5) is 0 Å². The van der Waals surface area contributed by atoms with Crippen LogP contribution in [-0.4, -0.2) is 30.8 Å². The van der Waals surface area contributed by atoms with Gasteiger partial charge in [0, 0.05) is 6.54 Å².